The first kappa shape index (κ1) is 9.93. The van der Waals surface area contributed by atoms with Crippen molar-refractivity contribution in [1.29, 1.82) is 0 Å². The summed E-state index contributed by atoms with van der Waals surface area (Å²) in [5, 5.41) is 0.432. The van der Waals surface area contributed by atoms with Gasteiger partial charge in [0.15, 0.2) is 0 Å². The van der Waals surface area contributed by atoms with E-state index in [1.54, 1.807) is 18.3 Å². The number of rotatable bonds is 1. The van der Waals surface area contributed by atoms with Crippen LogP contribution in [-0.2, 0) is 0 Å². The molecule has 15 heavy (non-hydrogen) atoms. The summed E-state index contributed by atoms with van der Waals surface area (Å²) >= 11 is 5.94. The predicted molar refractivity (Wildman–Crippen MR) is 59.1 cm³/mol. The fourth-order valence-corrected chi connectivity index (χ4v) is 1.53. The molecular formula is C11H8ClFN2. The summed E-state index contributed by atoms with van der Waals surface area (Å²) < 4.78 is 13.0. The first-order chi connectivity index (χ1) is 7.18. The van der Waals surface area contributed by atoms with Crippen molar-refractivity contribution in [2.24, 2.45) is 0 Å². The van der Waals surface area contributed by atoms with Crippen molar-refractivity contribution in [2.75, 3.05) is 5.73 Å². The maximum atomic E-state index is 13.0. The molecule has 2 N–H and O–H groups in total. The van der Waals surface area contributed by atoms with Gasteiger partial charge in [0.25, 0.3) is 0 Å². The highest BCUT2D eigenvalue weighted by molar-refractivity contribution is 6.33. The van der Waals surface area contributed by atoms with Crippen molar-refractivity contribution >= 4 is 17.3 Å². The summed E-state index contributed by atoms with van der Waals surface area (Å²) in [6.45, 7) is 0. The van der Waals surface area contributed by atoms with Crippen LogP contribution in [0.2, 0.25) is 5.02 Å². The van der Waals surface area contributed by atoms with E-state index in [0.717, 1.165) is 0 Å². The number of nitrogens with two attached hydrogens (primary N) is 1. The third kappa shape index (κ3) is 1.92. The smallest absolute Gasteiger partial charge is 0.123 e. The normalized spacial score (nSPS) is 10.3. The van der Waals surface area contributed by atoms with E-state index in [-0.39, 0.29) is 5.82 Å². The zero-order chi connectivity index (χ0) is 10.8. The molecule has 1 heterocycles. The molecule has 0 unspecified atom stereocenters. The van der Waals surface area contributed by atoms with Crippen LogP contribution in [0.25, 0.3) is 11.3 Å². The van der Waals surface area contributed by atoms with Crippen molar-refractivity contribution in [2.45, 2.75) is 0 Å². The summed E-state index contributed by atoms with van der Waals surface area (Å²) in [6, 6.07) is 7.52. The molecule has 0 aliphatic rings. The van der Waals surface area contributed by atoms with Gasteiger partial charge in [0, 0.05) is 11.8 Å². The molecule has 4 heteroatoms. The molecular weight excluding hydrogens is 215 g/mol. The van der Waals surface area contributed by atoms with Gasteiger partial charge >= 0.3 is 0 Å². The molecule has 2 aromatic rings. The van der Waals surface area contributed by atoms with Gasteiger partial charge in [-0.1, -0.05) is 11.6 Å². The van der Waals surface area contributed by atoms with Crippen LogP contribution in [0.15, 0.2) is 36.5 Å². The molecule has 1 aromatic heterocycles. The van der Waals surface area contributed by atoms with Crippen LogP contribution in [0.1, 0.15) is 0 Å². The van der Waals surface area contributed by atoms with E-state index in [9.17, 15) is 4.39 Å². The van der Waals surface area contributed by atoms with Crippen LogP contribution in [0.4, 0.5) is 10.1 Å². The Morgan fingerprint density at radius 2 is 2.07 bits per heavy atom. The average molecular weight is 223 g/mol. The van der Waals surface area contributed by atoms with Crippen molar-refractivity contribution in [3.8, 4) is 11.3 Å². The van der Waals surface area contributed by atoms with Crippen molar-refractivity contribution in [3.05, 3.63) is 47.4 Å². The van der Waals surface area contributed by atoms with Crippen molar-refractivity contribution < 1.29 is 4.39 Å². The number of hydrogen-bond donors (Lipinski definition) is 1. The summed E-state index contributed by atoms with van der Waals surface area (Å²) in [4.78, 5) is 4.07. The van der Waals surface area contributed by atoms with E-state index in [1.807, 2.05) is 0 Å². The van der Waals surface area contributed by atoms with Crippen molar-refractivity contribution in [3.63, 3.8) is 0 Å². The minimum atomic E-state index is -0.362. The lowest BCUT2D eigenvalue weighted by molar-refractivity contribution is 0.628. The molecule has 76 valence electrons. The van der Waals surface area contributed by atoms with Gasteiger partial charge in [-0.15, -0.1) is 0 Å². The van der Waals surface area contributed by atoms with Gasteiger partial charge in [0.2, 0.25) is 0 Å². The van der Waals surface area contributed by atoms with Crippen LogP contribution >= 0.6 is 11.6 Å². The molecule has 2 rings (SSSR count). The fraction of sp³-hybridized carbons (Fsp3) is 0. The Balaban J connectivity index is 2.64. The molecule has 0 fully saturated rings. The molecule has 0 saturated carbocycles. The third-order valence-electron chi connectivity index (χ3n) is 2.02. The van der Waals surface area contributed by atoms with Gasteiger partial charge < -0.3 is 5.73 Å². The molecule has 0 saturated heterocycles. The number of pyridine rings is 1. The second-order valence-corrected chi connectivity index (χ2v) is 3.47. The Labute approximate surface area is 91.5 Å². The Hall–Kier alpha value is -1.61. The average Bonchev–Trinajstić information content (AvgIpc) is 2.23. The number of nitrogen functional groups attached to an aromatic ring is 1. The van der Waals surface area contributed by atoms with E-state index in [1.165, 1.54) is 18.2 Å². The van der Waals surface area contributed by atoms with Gasteiger partial charge in [-0.05, 0) is 30.3 Å². The Bertz CT molecular complexity index is 500. The molecule has 0 spiro atoms. The van der Waals surface area contributed by atoms with E-state index >= 15 is 0 Å². The summed E-state index contributed by atoms with van der Waals surface area (Å²) in [7, 11) is 0. The summed E-state index contributed by atoms with van der Waals surface area (Å²) in [6.07, 6.45) is 1.59. The molecule has 0 aliphatic carbocycles. The number of nitrogens with zero attached hydrogens (tertiary/aromatic N) is 1. The molecule has 0 amide bonds. The summed E-state index contributed by atoms with van der Waals surface area (Å²) in [5.41, 5.74) is 7.22. The largest absolute Gasteiger partial charge is 0.397 e. The SMILES string of the molecule is Nc1cccnc1-c1cc(F)ccc1Cl. The van der Waals surface area contributed by atoms with Gasteiger partial charge in [0.1, 0.15) is 5.82 Å². The highest BCUT2D eigenvalue weighted by atomic mass is 35.5. The van der Waals surface area contributed by atoms with Gasteiger partial charge in [-0.3, -0.25) is 4.98 Å². The maximum Gasteiger partial charge on any atom is 0.123 e. The minimum Gasteiger partial charge on any atom is -0.397 e. The monoisotopic (exact) mass is 222 g/mol. The van der Waals surface area contributed by atoms with E-state index in [0.29, 0.717) is 22.0 Å². The zero-order valence-corrected chi connectivity index (χ0v) is 8.50. The minimum absolute atomic E-state index is 0.362. The highest BCUT2D eigenvalue weighted by Crippen LogP contribution is 2.30. The number of halogens is 2. The maximum absolute atomic E-state index is 13.0. The van der Waals surface area contributed by atoms with E-state index in [4.69, 9.17) is 17.3 Å². The number of hydrogen-bond acceptors (Lipinski definition) is 2. The lowest BCUT2D eigenvalue weighted by atomic mass is 10.1. The third-order valence-corrected chi connectivity index (χ3v) is 2.35. The fourth-order valence-electron chi connectivity index (χ4n) is 1.32. The van der Waals surface area contributed by atoms with E-state index in [2.05, 4.69) is 4.98 Å². The highest BCUT2D eigenvalue weighted by Gasteiger charge is 2.08. The van der Waals surface area contributed by atoms with Crippen LogP contribution in [0, 0.1) is 5.82 Å². The molecule has 0 aliphatic heterocycles. The lowest BCUT2D eigenvalue weighted by Gasteiger charge is -2.06. The first-order valence-corrected chi connectivity index (χ1v) is 4.72. The van der Waals surface area contributed by atoms with Crippen molar-refractivity contribution in [1.82, 2.24) is 4.98 Å². The second-order valence-electron chi connectivity index (χ2n) is 3.07. The Kier molecular flexibility index (Phi) is 2.56. The number of aromatic nitrogens is 1. The Morgan fingerprint density at radius 1 is 1.27 bits per heavy atom. The lowest BCUT2D eigenvalue weighted by Crippen LogP contribution is -1.93. The van der Waals surface area contributed by atoms with Crippen LogP contribution in [0.5, 0.6) is 0 Å². The van der Waals surface area contributed by atoms with Crippen LogP contribution in [0.3, 0.4) is 0 Å². The molecule has 0 atom stereocenters. The topological polar surface area (TPSA) is 38.9 Å². The second kappa shape index (κ2) is 3.87. The number of anilines is 1. The van der Waals surface area contributed by atoms with E-state index < -0.39 is 0 Å². The van der Waals surface area contributed by atoms with Crippen LogP contribution in [-0.4, -0.2) is 4.98 Å². The molecule has 0 bridgehead atoms. The summed E-state index contributed by atoms with van der Waals surface area (Å²) in [5.74, 6) is -0.362. The van der Waals surface area contributed by atoms with Gasteiger partial charge in [-0.2, -0.15) is 0 Å². The predicted octanol–water partition coefficient (Wildman–Crippen LogP) is 3.12. The first-order valence-electron chi connectivity index (χ1n) is 4.34. The molecule has 2 nitrogen and oxygen atoms in total. The molecule has 0 radical (unpaired) electrons. The molecule has 1 aromatic carbocycles. The van der Waals surface area contributed by atoms with Gasteiger partial charge in [0.05, 0.1) is 16.4 Å². The number of benzene rings is 1. The quantitative estimate of drug-likeness (QED) is 0.805. The van der Waals surface area contributed by atoms with Crippen LogP contribution < -0.4 is 5.73 Å². The zero-order valence-electron chi connectivity index (χ0n) is 7.74. The standard InChI is InChI=1S/C11H8ClFN2/c12-9-4-3-7(13)6-8(9)11-10(14)2-1-5-15-11/h1-6H,14H2. The Morgan fingerprint density at radius 3 is 2.80 bits per heavy atom. The van der Waals surface area contributed by atoms with Gasteiger partial charge in [-0.25, -0.2) is 4.39 Å².